The topological polar surface area (TPSA) is 54.3 Å². The van der Waals surface area contributed by atoms with Crippen LogP contribution in [0.3, 0.4) is 0 Å². The Hall–Kier alpha value is -2.35. The molecule has 186 valence electrons. The molecule has 0 radical (unpaired) electrons. The molecule has 4 nitrogen and oxygen atoms in total. The molecular formula is C26H32F4N2O2. The third-order valence-electron chi connectivity index (χ3n) is 7.41. The third kappa shape index (κ3) is 5.32. The van der Waals surface area contributed by atoms with Crippen LogP contribution in [0.15, 0.2) is 24.3 Å². The van der Waals surface area contributed by atoms with E-state index < -0.39 is 23.7 Å². The van der Waals surface area contributed by atoms with E-state index in [0.29, 0.717) is 24.2 Å². The summed E-state index contributed by atoms with van der Waals surface area (Å²) in [5, 5.41) is 13.6. The summed E-state index contributed by atoms with van der Waals surface area (Å²) >= 11 is 0. The Labute approximate surface area is 197 Å². The zero-order valence-electron chi connectivity index (χ0n) is 19.4. The average molecular weight is 481 g/mol. The van der Waals surface area contributed by atoms with Gasteiger partial charge >= 0.3 is 6.18 Å². The number of nitrogens with zero attached hydrogens (tertiary/aromatic N) is 1. The Balaban J connectivity index is 1.75. The van der Waals surface area contributed by atoms with E-state index in [-0.39, 0.29) is 29.1 Å². The molecule has 2 aliphatic carbocycles. The number of aliphatic hydroxyl groups excluding tert-OH is 1. The number of hydrogen-bond donors (Lipinski definition) is 2. The molecule has 1 amide bonds. The van der Waals surface area contributed by atoms with Gasteiger partial charge in [0.2, 0.25) is 0 Å². The van der Waals surface area contributed by atoms with Crippen molar-refractivity contribution >= 4 is 5.91 Å². The quantitative estimate of drug-likeness (QED) is 0.498. The number of benzene rings is 1. The molecule has 2 N–H and O–H groups in total. The molecule has 0 aliphatic heterocycles. The fourth-order valence-corrected chi connectivity index (χ4v) is 5.38. The van der Waals surface area contributed by atoms with Crippen LogP contribution < -0.4 is 5.32 Å². The van der Waals surface area contributed by atoms with Crippen LogP contribution in [0.1, 0.15) is 79.4 Å². The molecule has 2 fully saturated rings. The number of halogens is 4. The molecule has 2 atom stereocenters. The largest absolute Gasteiger partial charge is 0.416 e. The Morgan fingerprint density at radius 2 is 1.74 bits per heavy atom. The fraction of sp³-hybridized carbons (Fsp3) is 0.577. The number of aromatic nitrogens is 1. The van der Waals surface area contributed by atoms with Crippen LogP contribution in [-0.4, -0.2) is 27.7 Å². The van der Waals surface area contributed by atoms with Crippen LogP contribution in [0.2, 0.25) is 0 Å². The van der Waals surface area contributed by atoms with Crippen LogP contribution in [-0.2, 0) is 12.7 Å². The molecule has 34 heavy (non-hydrogen) atoms. The van der Waals surface area contributed by atoms with Crippen molar-refractivity contribution in [1.82, 2.24) is 9.88 Å². The molecule has 2 aromatic rings. The lowest BCUT2D eigenvalue weighted by molar-refractivity contribution is -0.137. The molecule has 1 aromatic heterocycles. The molecular weight excluding hydrogens is 448 g/mol. The van der Waals surface area contributed by atoms with E-state index in [1.807, 2.05) is 0 Å². The van der Waals surface area contributed by atoms with E-state index in [0.717, 1.165) is 69.6 Å². The van der Waals surface area contributed by atoms with Crippen molar-refractivity contribution in [3.05, 3.63) is 46.9 Å². The number of alkyl halides is 3. The molecule has 2 unspecified atom stereocenters. The first-order valence-electron chi connectivity index (χ1n) is 12.2. The lowest BCUT2D eigenvalue weighted by Crippen LogP contribution is -2.36. The van der Waals surface area contributed by atoms with Gasteiger partial charge in [-0.2, -0.15) is 13.2 Å². The molecule has 2 aliphatic rings. The standard InChI is InChI=1S/C26H32F4N2O2/c1-16-20(25(34)31-19-8-3-2-4-9-19)14-23(32(16)15-17-7-5-6-10-24(17)33)21-13-18(26(28,29)30)11-12-22(21)27/h11-14,17,19,24,33H,2-10,15H2,1H3,(H,31,34). The van der Waals surface area contributed by atoms with E-state index in [2.05, 4.69) is 5.32 Å². The smallest absolute Gasteiger partial charge is 0.393 e. The van der Waals surface area contributed by atoms with Crippen molar-refractivity contribution in [2.45, 2.75) is 89.6 Å². The van der Waals surface area contributed by atoms with Gasteiger partial charge in [0.1, 0.15) is 5.82 Å². The first-order chi connectivity index (χ1) is 16.1. The Morgan fingerprint density at radius 1 is 1.06 bits per heavy atom. The number of aliphatic hydroxyl groups is 1. The van der Waals surface area contributed by atoms with Crippen molar-refractivity contribution in [2.75, 3.05) is 0 Å². The summed E-state index contributed by atoms with van der Waals surface area (Å²) in [6, 6.07) is 3.92. The highest BCUT2D eigenvalue weighted by Crippen LogP contribution is 2.36. The zero-order valence-corrected chi connectivity index (χ0v) is 19.4. The van der Waals surface area contributed by atoms with Gasteiger partial charge in [0.05, 0.1) is 22.9 Å². The maximum atomic E-state index is 14.9. The first kappa shape index (κ1) is 24.8. The maximum Gasteiger partial charge on any atom is 0.416 e. The highest BCUT2D eigenvalue weighted by Gasteiger charge is 2.33. The van der Waals surface area contributed by atoms with Gasteiger partial charge in [0, 0.05) is 29.8 Å². The normalized spacial score (nSPS) is 22.1. The zero-order chi connectivity index (χ0) is 24.5. The average Bonchev–Trinajstić information content (AvgIpc) is 3.11. The van der Waals surface area contributed by atoms with Gasteiger partial charge in [-0.1, -0.05) is 32.1 Å². The van der Waals surface area contributed by atoms with Crippen LogP contribution in [0, 0.1) is 18.7 Å². The van der Waals surface area contributed by atoms with Crippen molar-refractivity contribution in [3.8, 4) is 11.3 Å². The highest BCUT2D eigenvalue weighted by atomic mass is 19.4. The summed E-state index contributed by atoms with van der Waals surface area (Å²) in [4.78, 5) is 13.2. The summed E-state index contributed by atoms with van der Waals surface area (Å²) in [7, 11) is 0. The van der Waals surface area contributed by atoms with Gasteiger partial charge in [-0.3, -0.25) is 4.79 Å². The molecule has 0 bridgehead atoms. The monoisotopic (exact) mass is 480 g/mol. The second-order valence-corrected chi connectivity index (χ2v) is 9.75. The first-order valence-corrected chi connectivity index (χ1v) is 12.2. The number of rotatable bonds is 5. The molecule has 8 heteroatoms. The van der Waals surface area contributed by atoms with E-state index in [1.165, 1.54) is 6.07 Å². The molecule has 0 spiro atoms. The summed E-state index contributed by atoms with van der Waals surface area (Å²) < 4.78 is 56.7. The molecule has 0 saturated heterocycles. The third-order valence-corrected chi connectivity index (χ3v) is 7.41. The predicted octanol–water partition coefficient (Wildman–Crippen LogP) is 6.24. The Kier molecular flexibility index (Phi) is 7.36. The van der Waals surface area contributed by atoms with Gasteiger partial charge < -0.3 is 15.0 Å². The van der Waals surface area contributed by atoms with Gasteiger partial charge in [-0.05, 0) is 56.9 Å². The number of amides is 1. The minimum atomic E-state index is -4.62. The van der Waals surface area contributed by atoms with Crippen LogP contribution in [0.25, 0.3) is 11.3 Å². The van der Waals surface area contributed by atoms with Crippen molar-refractivity contribution in [3.63, 3.8) is 0 Å². The van der Waals surface area contributed by atoms with E-state index in [1.54, 1.807) is 11.5 Å². The van der Waals surface area contributed by atoms with Crippen molar-refractivity contribution in [1.29, 1.82) is 0 Å². The lowest BCUT2D eigenvalue weighted by Gasteiger charge is -2.29. The van der Waals surface area contributed by atoms with Crippen molar-refractivity contribution < 1.29 is 27.5 Å². The minimum Gasteiger partial charge on any atom is -0.393 e. The van der Waals surface area contributed by atoms with E-state index in [9.17, 15) is 27.5 Å². The number of nitrogens with one attached hydrogen (secondary N) is 1. The SMILES string of the molecule is Cc1c(C(=O)NC2CCCCC2)cc(-c2cc(C(F)(F)F)ccc2F)n1CC1CCCCC1O. The Morgan fingerprint density at radius 3 is 2.41 bits per heavy atom. The summed E-state index contributed by atoms with van der Waals surface area (Å²) in [6.45, 7) is 2.05. The van der Waals surface area contributed by atoms with Crippen LogP contribution in [0.5, 0.6) is 0 Å². The maximum absolute atomic E-state index is 14.9. The molecule has 2 saturated carbocycles. The molecule has 4 rings (SSSR count). The second kappa shape index (κ2) is 10.1. The van der Waals surface area contributed by atoms with E-state index >= 15 is 0 Å². The molecule has 1 aromatic carbocycles. The van der Waals surface area contributed by atoms with Crippen LogP contribution >= 0.6 is 0 Å². The Bertz CT molecular complexity index is 1020. The summed E-state index contributed by atoms with van der Waals surface area (Å²) in [5.74, 6) is -1.18. The lowest BCUT2D eigenvalue weighted by atomic mass is 9.86. The van der Waals surface area contributed by atoms with Crippen LogP contribution in [0.4, 0.5) is 17.6 Å². The summed E-state index contributed by atoms with van der Waals surface area (Å²) in [6.07, 6.45) is 3.19. The summed E-state index contributed by atoms with van der Waals surface area (Å²) in [5.41, 5.74) is -0.00611. The fourth-order valence-electron chi connectivity index (χ4n) is 5.38. The highest BCUT2D eigenvalue weighted by molar-refractivity contribution is 5.97. The minimum absolute atomic E-state index is 0.0675. The van der Waals surface area contributed by atoms with Gasteiger partial charge in [0.25, 0.3) is 5.91 Å². The van der Waals surface area contributed by atoms with Gasteiger partial charge in [0.15, 0.2) is 0 Å². The number of hydrogen-bond acceptors (Lipinski definition) is 2. The number of carbonyl (C=O) groups is 1. The number of carbonyl (C=O) groups excluding carboxylic acids is 1. The van der Waals surface area contributed by atoms with Gasteiger partial charge in [-0.25, -0.2) is 4.39 Å². The predicted molar refractivity (Wildman–Crippen MR) is 122 cm³/mol. The second-order valence-electron chi connectivity index (χ2n) is 9.75. The van der Waals surface area contributed by atoms with Gasteiger partial charge in [-0.15, -0.1) is 0 Å². The van der Waals surface area contributed by atoms with E-state index in [4.69, 9.17) is 0 Å². The van der Waals surface area contributed by atoms with Crippen molar-refractivity contribution in [2.24, 2.45) is 5.92 Å². The molecule has 1 heterocycles.